The Bertz CT molecular complexity index is 193. The van der Waals surface area contributed by atoms with Gasteiger partial charge in [-0.15, -0.1) is 0 Å². The molecule has 76 valence electrons. The van der Waals surface area contributed by atoms with E-state index in [1.807, 2.05) is 0 Å². The molecule has 2 aliphatic rings. The SMILES string of the molecule is CCC1CC1C1CC1C(C)N(C)I. The highest BCUT2D eigenvalue weighted by Crippen LogP contribution is 2.60. The zero-order chi connectivity index (χ0) is 9.59. The average Bonchev–Trinajstić information content (AvgIpc) is 2.96. The minimum atomic E-state index is 0.795. The third-order valence-electron chi connectivity index (χ3n) is 4.12. The summed E-state index contributed by atoms with van der Waals surface area (Å²) in [5.41, 5.74) is 0. The lowest BCUT2D eigenvalue weighted by Crippen LogP contribution is -2.22. The van der Waals surface area contributed by atoms with Gasteiger partial charge in [-0.1, -0.05) is 13.3 Å². The molecule has 0 aromatic rings. The molecule has 13 heavy (non-hydrogen) atoms. The van der Waals surface area contributed by atoms with Crippen LogP contribution in [0.2, 0.25) is 0 Å². The van der Waals surface area contributed by atoms with Crippen LogP contribution in [0.4, 0.5) is 0 Å². The van der Waals surface area contributed by atoms with Gasteiger partial charge in [0, 0.05) is 28.9 Å². The minimum Gasteiger partial charge on any atom is -0.248 e. The Morgan fingerprint density at radius 3 is 2.54 bits per heavy atom. The van der Waals surface area contributed by atoms with Crippen LogP contribution in [0.15, 0.2) is 0 Å². The van der Waals surface area contributed by atoms with Crippen molar-refractivity contribution < 1.29 is 0 Å². The van der Waals surface area contributed by atoms with E-state index in [-0.39, 0.29) is 0 Å². The van der Waals surface area contributed by atoms with E-state index in [4.69, 9.17) is 0 Å². The van der Waals surface area contributed by atoms with Gasteiger partial charge in [0.05, 0.1) is 0 Å². The normalized spacial score (nSPS) is 45.0. The van der Waals surface area contributed by atoms with Crippen LogP contribution in [0.25, 0.3) is 0 Å². The zero-order valence-electron chi connectivity index (χ0n) is 8.83. The standard InChI is InChI=1S/C11H20IN/c1-4-8-5-10(8)11-6-9(11)7(2)13(3)12/h7-11H,4-6H2,1-3H3. The molecule has 0 radical (unpaired) electrons. The second-order valence-electron chi connectivity index (χ2n) is 4.90. The van der Waals surface area contributed by atoms with Crippen LogP contribution < -0.4 is 0 Å². The van der Waals surface area contributed by atoms with E-state index in [1.54, 1.807) is 0 Å². The quantitative estimate of drug-likeness (QED) is 0.567. The number of hydrogen-bond acceptors (Lipinski definition) is 1. The smallest absolute Gasteiger partial charge is 0.0201 e. The number of nitrogens with zero attached hydrogens (tertiary/aromatic N) is 1. The fourth-order valence-electron chi connectivity index (χ4n) is 2.81. The van der Waals surface area contributed by atoms with Crippen LogP contribution in [0.1, 0.15) is 33.1 Å². The highest BCUT2D eigenvalue weighted by atomic mass is 127. The topological polar surface area (TPSA) is 3.24 Å². The third kappa shape index (κ3) is 2.04. The van der Waals surface area contributed by atoms with Crippen molar-refractivity contribution in [2.45, 2.75) is 39.2 Å². The highest BCUT2D eigenvalue weighted by molar-refractivity contribution is 14.1. The highest BCUT2D eigenvalue weighted by Gasteiger charge is 2.54. The molecule has 0 saturated heterocycles. The van der Waals surface area contributed by atoms with Crippen molar-refractivity contribution in [2.24, 2.45) is 23.7 Å². The maximum absolute atomic E-state index is 2.43. The van der Waals surface area contributed by atoms with E-state index in [1.165, 1.54) is 19.3 Å². The summed E-state index contributed by atoms with van der Waals surface area (Å²) >= 11 is 2.43. The van der Waals surface area contributed by atoms with Crippen molar-refractivity contribution in [1.82, 2.24) is 3.11 Å². The first kappa shape index (κ1) is 10.2. The van der Waals surface area contributed by atoms with Crippen molar-refractivity contribution >= 4 is 22.9 Å². The van der Waals surface area contributed by atoms with Crippen LogP contribution in [0.5, 0.6) is 0 Å². The molecule has 0 aromatic carbocycles. The first-order valence-electron chi connectivity index (χ1n) is 5.53. The Morgan fingerprint density at radius 2 is 2.08 bits per heavy atom. The second kappa shape index (κ2) is 3.69. The Balaban J connectivity index is 1.77. The van der Waals surface area contributed by atoms with Crippen LogP contribution >= 0.6 is 22.9 Å². The van der Waals surface area contributed by atoms with Crippen molar-refractivity contribution in [3.8, 4) is 0 Å². The van der Waals surface area contributed by atoms with Crippen LogP contribution in [0.3, 0.4) is 0 Å². The molecule has 2 rings (SSSR count). The molecule has 2 saturated carbocycles. The van der Waals surface area contributed by atoms with Crippen molar-refractivity contribution in [1.29, 1.82) is 0 Å². The van der Waals surface area contributed by atoms with Crippen LogP contribution in [0, 0.1) is 23.7 Å². The molecule has 5 unspecified atom stereocenters. The fourth-order valence-corrected chi connectivity index (χ4v) is 3.22. The molecule has 0 aliphatic heterocycles. The Labute approximate surface area is 95.8 Å². The summed E-state index contributed by atoms with van der Waals surface area (Å²) in [5.74, 6) is 4.33. The van der Waals surface area contributed by atoms with E-state index in [2.05, 4.69) is 46.9 Å². The maximum atomic E-state index is 2.43. The number of halogens is 1. The van der Waals surface area contributed by atoms with E-state index in [0.717, 1.165) is 29.7 Å². The molecule has 0 heterocycles. The molecule has 2 fully saturated rings. The summed E-state index contributed by atoms with van der Waals surface area (Å²) in [5, 5.41) is 0. The third-order valence-corrected chi connectivity index (χ3v) is 5.00. The summed E-state index contributed by atoms with van der Waals surface area (Å²) in [6.45, 7) is 4.72. The molecule has 2 aliphatic carbocycles. The average molecular weight is 293 g/mol. The molecular formula is C11H20IN. The van der Waals surface area contributed by atoms with Gasteiger partial charge in [-0.2, -0.15) is 0 Å². The van der Waals surface area contributed by atoms with Gasteiger partial charge >= 0.3 is 0 Å². The Morgan fingerprint density at radius 1 is 1.38 bits per heavy atom. The Kier molecular flexibility index (Phi) is 2.90. The van der Waals surface area contributed by atoms with E-state index in [9.17, 15) is 0 Å². The molecule has 0 spiro atoms. The van der Waals surface area contributed by atoms with E-state index >= 15 is 0 Å². The molecule has 1 nitrogen and oxygen atoms in total. The van der Waals surface area contributed by atoms with Gasteiger partial charge in [-0.05, 0) is 50.5 Å². The summed E-state index contributed by atoms with van der Waals surface area (Å²) in [6, 6.07) is 0.795. The van der Waals surface area contributed by atoms with Gasteiger partial charge in [0.15, 0.2) is 0 Å². The molecular weight excluding hydrogens is 273 g/mol. The zero-order valence-corrected chi connectivity index (χ0v) is 11.0. The van der Waals surface area contributed by atoms with Crippen LogP contribution in [-0.4, -0.2) is 16.2 Å². The van der Waals surface area contributed by atoms with Crippen molar-refractivity contribution in [3.05, 3.63) is 0 Å². The largest absolute Gasteiger partial charge is 0.248 e. The fraction of sp³-hybridized carbons (Fsp3) is 1.00. The minimum absolute atomic E-state index is 0.795. The van der Waals surface area contributed by atoms with E-state index in [0.29, 0.717) is 0 Å². The maximum Gasteiger partial charge on any atom is 0.0201 e. The molecule has 0 N–H and O–H groups in total. The number of hydrogen-bond donors (Lipinski definition) is 0. The molecule has 5 atom stereocenters. The van der Waals surface area contributed by atoms with Gasteiger partial charge in [0.1, 0.15) is 0 Å². The van der Waals surface area contributed by atoms with E-state index < -0.39 is 0 Å². The predicted molar refractivity (Wildman–Crippen MR) is 64.7 cm³/mol. The first-order chi connectivity index (χ1) is 6.15. The molecule has 2 heteroatoms. The Hall–Kier alpha value is 0.690. The van der Waals surface area contributed by atoms with Gasteiger partial charge in [-0.25, -0.2) is 3.11 Å². The van der Waals surface area contributed by atoms with Crippen molar-refractivity contribution in [3.63, 3.8) is 0 Å². The van der Waals surface area contributed by atoms with Gasteiger partial charge in [0.25, 0.3) is 0 Å². The molecule has 0 aromatic heterocycles. The lowest BCUT2D eigenvalue weighted by Gasteiger charge is -2.17. The summed E-state index contributed by atoms with van der Waals surface area (Å²) in [7, 11) is 2.20. The van der Waals surface area contributed by atoms with Crippen molar-refractivity contribution in [2.75, 3.05) is 7.05 Å². The lowest BCUT2D eigenvalue weighted by molar-refractivity contribution is 0.390. The summed E-state index contributed by atoms with van der Waals surface area (Å²) in [4.78, 5) is 0. The molecule has 0 amide bonds. The van der Waals surface area contributed by atoms with Gasteiger partial charge in [-0.3, -0.25) is 0 Å². The lowest BCUT2D eigenvalue weighted by atomic mass is 10.1. The first-order valence-corrected chi connectivity index (χ1v) is 6.50. The van der Waals surface area contributed by atoms with Gasteiger partial charge in [0.2, 0.25) is 0 Å². The van der Waals surface area contributed by atoms with Gasteiger partial charge < -0.3 is 0 Å². The van der Waals surface area contributed by atoms with Crippen LogP contribution in [-0.2, 0) is 0 Å². The monoisotopic (exact) mass is 293 g/mol. The predicted octanol–water partition coefficient (Wildman–Crippen LogP) is 3.34. The summed E-state index contributed by atoms with van der Waals surface area (Å²) < 4.78 is 2.35. The summed E-state index contributed by atoms with van der Waals surface area (Å²) in [6.07, 6.45) is 4.47. The second-order valence-corrected chi connectivity index (χ2v) is 6.42. The number of rotatable bonds is 4. The molecule has 0 bridgehead atoms.